The van der Waals surface area contributed by atoms with Crippen molar-refractivity contribution >= 4 is 27.7 Å². The van der Waals surface area contributed by atoms with Gasteiger partial charge in [0, 0.05) is 43.8 Å². The second-order valence-electron chi connectivity index (χ2n) is 5.47. The quantitative estimate of drug-likeness (QED) is 0.895. The molecule has 1 heterocycles. The second kappa shape index (κ2) is 6.95. The zero-order valence-corrected chi connectivity index (χ0v) is 14.2. The van der Waals surface area contributed by atoms with Crippen LogP contribution in [-0.2, 0) is 10.2 Å². The lowest BCUT2D eigenvalue weighted by Gasteiger charge is -2.33. The maximum atomic E-state index is 12.2. The molecule has 0 aromatic heterocycles. The standard InChI is InChI=1S/C14H20ClN3O3S/c1-17(2)22(20,21)18-9-3-4-13(10-18)16-14(19)11-5-7-12(15)8-6-11/h5-8,13H,3-4,9-10H2,1-2H3,(H,16,19). The highest BCUT2D eigenvalue weighted by Crippen LogP contribution is 2.16. The zero-order chi connectivity index (χ0) is 16.3. The third-order valence-electron chi connectivity index (χ3n) is 3.61. The van der Waals surface area contributed by atoms with Crippen LogP contribution in [0.2, 0.25) is 5.02 Å². The first-order chi connectivity index (χ1) is 10.3. The minimum absolute atomic E-state index is 0.188. The van der Waals surface area contributed by atoms with Crippen molar-refractivity contribution in [1.29, 1.82) is 0 Å². The SMILES string of the molecule is CN(C)S(=O)(=O)N1CCCC(NC(=O)c2ccc(Cl)cc2)C1. The van der Waals surface area contributed by atoms with Crippen LogP contribution < -0.4 is 5.32 Å². The Bertz CT molecular complexity index is 631. The van der Waals surface area contributed by atoms with Gasteiger partial charge in [-0.3, -0.25) is 4.79 Å². The van der Waals surface area contributed by atoms with Gasteiger partial charge in [-0.2, -0.15) is 17.0 Å². The second-order valence-corrected chi connectivity index (χ2v) is 8.05. The molecule has 1 N–H and O–H groups in total. The zero-order valence-electron chi connectivity index (χ0n) is 12.6. The summed E-state index contributed by atoms with van der Waals surface area (Å²) in [7, 11) is -0.431. The third-order valence-corrected chi connectivity index (χ3v) is 5.77. The summed E-state index contributed by atoms with van der Waals surface area (Å²) in [6.07, 6.45) is 1.48. The number of hydrogen-bond acceptors (Lipinski definition) is 3. The summed E-state index contributed by atoms with van der Waals surface area (Å²) in [6.45, 7) is 0.771. The van der Waals surface area contributed by atoms with Gasteiger partial charge in [0.2, 0.25) is 0 Å². The van der Waals surface area contributed by atoms with Crippen molar-refractivity contribution < 1.29 is 13.2 Å². The molecule has 1 amide bonds. The van der Waals surface area contributed by atoms with Crippen molar-refractivity contribution in [1.82, 2.24) is 13.9 Å². The Kier molecular flexibility index (Phi) is 5.44. The molecule has 1 unspecified atom stereocenters. The number of benzene rings is 1. The van der Waals surface area contributed by atoms with Gasteiger partial charge in [0.25, 0.3) is 16.1 Å². The molecule has 1 atom stereocenters. The normalized spacial score (nSPS) is 20.1. The smallest absolute Gasteiger partial charge is 0.281 e. The number of piperidine rings is 1. The average Bonchev–Trinajstić information content (AvgIpc) is 2.48. The minimum atomic E-state index is -3.44. The molecule has 122 valence electrons. The molecule has 0 radical (unpaired) electrons. The van der Waals surface area contributed by atoms with E-state index in [1.165, 1.54) is 22.7 Å². The summed E-state index contributed by atoms with van der Waals surface area (Å²) >= 11 is 5.80. The molecule has 0 aliphatic carbocycles. The van der Waals surface area contributed by atoms with E-state index in [0.717, 1.165) is 12.8 Å². The van der Waals surface area contributed by atoms with Crippen molar-refractivity contribution in [2.75, 3.05) is 27.2 Å². The highest BCUT2D eigenvalue weighted by atomic mass is 35.5. The van der Waals surface area contributed by atoms with E-state index in [-0.39, 0.29) is 11.9 Å². The maximum absolute atomic E-state index is 12.2. The lowest BCUT2D eigenvalue weighted by molar-refractivity contribution is 0.0920. The van der Waals surface area contributed by atoms with Crippen molar-refractivity contribution in [2.24, 2.45) is 0 Å². The summed E-state index contributed by atoms with van der Waals surface area (Å²) in [4.78, 5) is 12.2. The fourth-order valence-electron chi connectivity index (χ4n) is 2.37. The Labute approximate surface area is 136 Å². The average molecular weight is 346 g/mol. The van der Waals surface area contributed by atoms with E-state index in [1.807, 2.05) is 0 Å². The number of carbonyl (C=O) groups excluding carboxylic acids is 1. The Morgan fingerprint density at radius 2 is 1.95 bits per heavy atom. The highest BCUT2D eigenvalue weighted by molar-refractivity contribution is 7.86. The molecule has 8 heteroatoms. The molecule has 1 saturated heterocycles. The van der Waals surface area contributed by atoms with Crippen LogP contribution in [0.25, 0.3) is 0 Å². The van der Waals surface area contributed by atoms with Crippen molar-refractivity contribution in [3.8, 4) is 0 Å². The Morgan fingerprint density at radius 3 is 2.55 bits per heavy atom. The minimum Gasteiger partial charge on any atom is -0.348 e. The summed E-state index contributed by atoms with van der Waals surface area (Å²) in [5.74, 6) is -0.217. The first kappa shape index (κ1) is 17.2. The van der Waals surface area contributed by atoms with E-state index in [1.54, 1.807) is 24.3 Å². The van der Waals surface area contributed by atoms with Gasteiger partial charge in [0.15, 0.2) is 0 Å². The molecule has 6 nitrogen and oxygen atoms in total. The monoisotopic (exact) mass is 345 g/mol. The molecule has 1 aromatic rings. The van der Waals surface area contributed by atoms with Crippen molar-refractivity contribution in [3.63, 3.8) is 0 Å². The topological polar surface area (TPSA) is 69.7 Å². The van der Waals surface area contributed by atoms with Crippen LogP contribution in [-0.4, -0.2) is 56.2 Å². The maximum Gasteiger partial charge on any atom is 0.281 e. The predicted molar refractivity (Wildman–Crippen MR) is 86.1 cm³/mol. The van der Waals surface area contributed by atoms with Gasteiger partial charge < -0.3 is 5.32 Å². The fraction of sp³-hybridized carbons (Fsp3) is 0.500. The molecule has 0 spiro atoms. The first-order valence-corrected chi connectivity index (χ1v) is 8.82. The molecule has 2 rings (SSSR count). The van der Waals surface area contributed by atoms with E-state index >= 15 is 0 Å². The molecule has 0 bridgehead atoms. The van der Waals surface area contributed by atoms with Crippen LogP contribution >= 0.6 is 11.6 Å². The Hall–Kier alpha value is -1.15. The number of halogens is 1. The summed E-state index contributed by atoms with van der Waals surface area (Å²) in [5.41, 5.74) is 0.511. The van der Waals surface area contributed by atoms with Gasteiger partial charge in [0.05, 0.1) is 0 Å². The molecule has 1 fully saturated rings. The van der Waals surface area contributed by atoms with Crippen LogP contribution in [0.4, 0.5) is 0 Å². The Balaban J connectivity index is 2.01. The molecule has 1 aliphatic rings. The summed E-state index contributed by atoms with van der Waals surface area (Å²) < 4.78 is 26.9. The molecule has 22 heavy (non-hydrogen) atoms. The number of nitrogens with one attached hydrogen (secondary N) is 1. The van der Waals surface area contributed by atoms with Gasteiger partial charge in [-0.15, -0.1) is 0 Å². The summed E-state index contributed by atoms with van der Waals surface area (Å²) in [6, 6.07) is 6.41. The largest absolute Gasteiger partial charge is 0.348 e. The van der Waals surface area contributed by atoms with Crippen LogP contribution in [0.5, 0.6) is 0 Å². The number of amides is 1. The van der Waals surface area contributed by atoms with E-state index in [4.69, 9.17) is 11.6 Å². The Morgan fingerprint density at radius 1 is 1.32 bits per heavy atom. The third kappa shape index (κ3) is 3.98. The fourth-order valence-corrected chi connectivity index (χ4v) is 3.69. The summed E-state index contributed by atoms with van der Waals surface area (Å²) in [5, 5.41) is 3.46. The molecular weight excluding hydrogens is 326 g/mol. The van der Waals surface area contributed by atoms with Crippen molar-refractivity contribution in [3.05, 3.63) is 34.9 Å². The first-order valence-electron chi connectivity index (χ1n) is 7.05. The van der Waals surface area contributed by atoms with Crippen molar-refractivity contribution in [2.45, 2.75) is 18.9 Å². The molecule has 1 aliphatic heterocycles. The molecule has 1 aromatic carbocycles. The molecule has 0 saturated carbocycles. The van der Waals surface area contributed by atoms with Crippen LogP contribution in [0.3, 0.4) is 0 Å². The van der Waals surface area contributed by atoms with Gasteiger partial charge in [0.1, 0.15) is 0 Å². The van der Waals surface area contributed by atoms with Crippen LogP contribution in [0, 0.1) is 0 Å². The highest BCUT2D eigenvalue weighted by Gasteiger charge is 2.31. The van der Waals surface area contributed by atoms with Crippen LogP contribution in [0.15, 0.2) is 24.3 Å². The lowest BCUT2D eigenvalue weighted by Crippen LogP contribution is -2.52. The van der Waals surface area contributed by atoms with Gasteiger partial charge >= 0.3 is 0 Å². The van der Waals surface area contributed by atoms with E-state index in [2.05, 4.69) is 5.32 Å². The van der Waals surface area contributed by atoms with Gasteiger partial charge in [-0.1, -0.05) is 11.6 Å². The lowest BCUT2D eigenvalue weighted by atomic mass is 10.1. The predicted octanol–water partition coefficient (Wildman–Crippen LogP) is 1.34. The van der Waals surface area contributed by atoms with E-state index in [9.17, 15) is 13.2 Å². The van der Waals surface area contributed by atoms with Crippen LogP contribution in [0.1, 0.15) is 23.2 Å². The number of hydrogen-bond donors (Lipinski definition) is 1. The van der Waals surface area contributed by atoms with Gasteiger partial charge in [-0.25, -0.2) is 0 Å². The van der Waals surface area contributed by atoms with E-state index < -0.39 is 10.2 Å². The molecular formula is C14H20ClN3O3S. The van der Waals surface area contributed by atoms with Gasteiger partial charge in [-0.05, 0) is 37.1 Å². The number of nitrogens with zero attached hydrogens (tertiary/aromatic N) is 2. The number of carbonyl (C=O) groups is 1. The number of rotatable bonds is 4. The van der Waals surface area contributed by atoms with E-state index in [0.29, 0.717) is 23.7 Å².